The van der Waals surface area contributed by atoms with Crippen LogP contribution in [0.25, 0.3) is 0 Å². The van der Waals surface area contributed by atoms with Crippen molar-refractivity contribution in [2.75, 3.05) is 0 Å². The Morgan fingerprint density at radius 3 is 2.29 bits per heavy atom. The number of aromatic hydroxyl groups is 3. The van der Waals surface area contributed by atoms with Crippen molar-refractivity contribution in [3.63, 3.8) is 0 Å². The third kappa shape index (κ3) is 3.59. The maximum absolute atomic E-state index is 11.9. The average molecular weight is 331 g/mol. The minimum absolute atomic E-state index is 0.0685. The number of phenols is 3. The highest BCUT2D eigenvalue weighted by molar-refractivity contribution is 5.99. The number of phenolic OH excluding ortho intramolecular Hbond substituents is 3. The summed E-state index contributed by atoms with van der Waals surface area (Å²) in [5.74, 6) is -3.19. The minimum atomic E-state index is -0.766. The van der Waals surface area contributed by atoms with E-state index in [1.807, 2.05) is 0 Å². The summed E-state index contributed by atoms with van der Waals surface area (Å²) < 4.78 is 0. The van der Waals surface area contributed by atoms with Gasteiger partial charge in [0.05, 0.1) is 6.21 Å². The molecule has 6 N–H and O–H groups in total. The van der Waals surface area contributed by atoms with E-state index in [1.54, 1.807) is 0 Å². The molecule has 124 valence electrons. The number of amides is 2. The molecule has 0 aliphatic carbocycles. The van der Waals surface area contributed by atoms with E-state index in [0.717, 1.165) is 12.3 Å². The molecule has 0 saturated heterocycles. The summed E-state index contributed by atoms with van der Waals surface area (Å²) in [5, 5.41) is 40.4. The van der Waals surface area contributed by atoms with E-state index < -0.39 is 29.1 Å². The molecule has 9 nitrogen and oxygen atoms in total. The van der Waals surface area contributed by atoms with Gasteiger partial charge in [0, 0.05) is 16.7 Å². The standard InChI is InChI=1S/C15H13N3O6/c19-11-5-4-10(12(20)13(11)21)7-16-17-14(22)8-2-1-3-9(6-8)15(23)18-24/h1-7,19-21,24H,(H,17,22)(H,18,23)/b16-7+. The van der Waals surface area contributed by atoms with Crippen LogP contribution in [-0.2, 0) is 0 Å². The number of hydrazone groups is 1. The van der Waals surface area contributed by atoms with Crippen molar-refractivity contribution in [3.05, 3.63) is 53.1 Å². The van der Waals surface area contributed by atoms with Crippen molar-refractivity contribution in [2.24, 2.45) is 5.10 Å². The molecule has 0 fully saturated rings. The van der Waals surface area contributed by atoms with Crippen LogP contribution in [0.5, 0.6) is 17.2 Å². The Hall–Kier alpha value is -3.59. The summed E-state index contributed by atoms with van der Waals surface area (Å²) in [6.45, 7) is 0. The third-order valence-corrected chi connectivity index (χ3v) is 3.02. The molecule has 2 rings (SSSR count). The smallest absolute Gasteiger partial charge is 0.274 e. The van der Waals surface area contributed by atoms with Gasteiger partial charge in [-0.3, -0.25) is 14.8 Å². The van der Waals surface area contributed by atoms with Crippen molar-refractivity contribution < 1.29 is 30.1 Å². The maximum atomic E-state index is 11.9. The fraction of sp³-hybridized carbons (Fsp3) is 0. The van der Waals surface area contributed by atoms with E-state index in [4.69, 9.17) is 5.21 Å². The van der Waals surface area contributed by atoms with Gasteiger partial charge in [0.15, 0.2) is 11.5 Å². The number of hydrogen-bond donors (Lipinski definition) is 6. The summed E-state index contributed by atoms with van der Waals surface area (Å²) in [7, 11) is 0. The Labute approximate surface area is 135 Å². The molecule has 9 heteroatoms. The number of carbonyl (C=O) groups is 2. The van der Waals surface area contributed by atoms with Gasteiger partial charge in [0.1, 0.15) is 0 Å². The molecule has 0 unspecified atom stereocenters. The van der Waals surface area contributed by atoms with Gasteiger partial charge in [0.25, 0.3) is 11.8 Å². The monoisotopic (exact) mass is 331 g/mol. The minimum Gasteiger partial charge on any atom is -0.504 e. The van der Waals surface area contributed by atoms with Crippen molar-refractivity contribution in [1.29, 1.82) is 0 Å². The Morgan fingerprint density at radius 2 is 1.62 bits per heavy atom. The first kappa shape index (κ1) is 16.8. The Morgan fingerprint density at radius 1 is 0.958 bits per heavy atom. The van der Waals surface area contributed by atoms with Gasteiger partial charge in [0.2, 0.25) is 5.75 Å². The molecule has 0 radical (unpaired) electrons. The Kier molecular flexibility index (Phi) is 4.97. The van der Waals surface area contributed by atoms with Gasteiger partial charge in [-0.1, -0.05) is 6.07 Å². The van der Waals surface area contributed by atoms with Crippen LogP contribution in [0.2, 0.25) is 0 Å². The second-order valence-corrected chi connectivity index (χ2v) is 4.59. The van der Waals surface area contributed by atoms with Gasteiger partial charge in [-0.2, -0.15) is 5.10 Å². The highest BCUT2D eigenvalue weighted by Crippen LogP contribution is 2.36. The van der Waals surface area contributed by atoms with Crippen LogP contribution >= 0.6 is 0 Å². The normalized spacial score (nSPS) is 10.5. The molecule has 0 aliphatic heterocycles. The van der Waals surface area contributed by atoms with Crippen LogP contribution in [0.1, 0.15) is 26.3 Å². The molecular weight excluding hydrogens is 318 g/mol. The quantitative estimate of drug-likeness (QED) is 0.210. The van der Waals surface area contributed by atoms with Gasteiger partial charge >= 0.3 is 0 Å². The van der Waals surface area contributed by atoms with Crippen molar-refractivity contribution in [1.82, 2.24) is 10.9 Å². The first-order valence-electron chi connectivity index (χ1n) is 6.56. The van der Waals surface area contributed by atoms with Crippen LogP contribution in [0, 0.1) is 0 Å². The number of hydroxylamine groups is 1. The summed E-state index contributed by atoms with van der Waals surface area (Å²) >= 11 is 0. The lowest BCUT2D eigenvalue weighted by Crippen LogP contribution is -2.21. The van der Waals surface area contributed by atoms with Crippen LogP contribution in [0.15, 0.2) is 41.5 Å². The highest BCUT2D eigenvalue weighted by atomic mass is 16.5. The molecule has 24 heavy (non-hydrogen) atoms. The molecule has 2 aromatic carbocycles. The molecule has 0 saturated carbocycles. The zero-order chi connectivity index (χ0) is 17.7. The van der Waals surface area contributed by atoms with Crippen molar-refractivity contribution in [3.8, 4) is 17.2 Å². The van der Waals surface area contributed by atoms with Crippen LogP contribution in [0.3, 0.4) is 0 Å². The Bertz CT molecular complexity index is 819. The fourth-order valence-electron chi connectivity index (χ4n) is 1.78. The molecule has 0 heterocycles. The van der Waals surface area contributed by atoms with Crippen LogP contribution < -0.4 is 10.9 Å². The third-order valence-electron chi connectivity index (χ3n) is 3.02. The topological polar surface area (TPSA) is 151 Å². The lowest BCUT2D eigenvalue weighted by atomic mass is 10.1. The van der Waals surface area contributed by atoms with Gasteiger partial charge < -0.3 is 15.3 Å². The van der Waals surface area contributed by atoms with Crippen molar-refractivity contribution >= 4 is 18.0 Å². The maximum Gasteiger partial charge on any atom is 0.274 e. The molecule has 0 aromatic heterocycles. The summed E-state index contributed by atoms with van der Waals surface area (Å²) in [6.07, 6.45) is 1.07. The highest BCUT2D eigenvalue weighted by Gasteiger charge is 2.11. The predicted molar refractivity (Wildman–Crippen MR) is 82.2 cm³/mol. The van der Waals surface area contributed by atoms with Crippen LogP contribution in [-0.4, -0.2) is 38.6 Å². The first-order valence-corrected chi connectivity index (χ1v) is 6.56. The van der Waals surface area contributed by atoms with E-state index in [9.17, 15) is 24.9 Å². The zero-order valence-corrected chi connectivity index (χ0v) is 12.1. The number of rotatable bonds is 4. The van der Waals surface area contributed by atoms with Gasteiger partial charge in [-0.05, 0) is 30.3 Å². The van der Waals surface area contributed by atoms with Crippen molar-refractivity contribution in [2.45, 2.75) is 0 Å². The van der Waals surface area contributed by atoms with Gasteiger partial charge in [-0.15, -0.1) is 0 Å². The van der Waals surface area contributed by atoms with E-state index in [-0.39, 0.29) is 16.7 Å². The molecule has 2 amide bonds. The average Bonchev–Trinajstić information content (AvgIpc) is 2.61. The summed E-state index contributed by atoms with van der Waals surface area (Å²) in [6, 6.07) is 7.97. The fourth-order valence-corrected chi connectivity index (χ4v) is 1.78. The molecule has 0 spiro atoms. The summed E-state index contributed by atoms with van der Waals surface area (Å²) in [5.41, 5.74) is 3.89. The second-order valence-electron chi connectivity index (χ2n) is 4.59. The van der Waals surface area contributed by atoms with Crippen LogP contribution in [0.4, 0.5) is 0 Å². The molecule has 0 atom stereocenters. The number of benzene rings is 2. The first-order chi connectivity index (χ1) is 11.4. The van der Waals surface area contributed by atoms with E-state index >= 15 is 0 Å². The van der Waals surface area contributed by atoms with E-state index in [0.29, 0.717) is 0 Å². The Balaban J connectivity index is 2.11. The second kappa shape index (κ2) is 7.11. The SMILES string of the molecule is O=C(NO)c1cccc(C(=O)N/N=C/c2ccc(O)c(O)c2O)c1. The lowest BCUT2D eigenvalue weighted by molar-refractivity contribution is 0.0706. The van der Waals surface area contributed by atoms with Gasteiger partial charge in [-0.25, -0.2) is 10.9 Å². The number of nitrogens with one attached hydrogen (secondary N) is 2. The lowest BCUT2D eigenvalue weighted by Gasteiger charge is -2.04. The van der Waals surface area contributed by atoms with E-state index in [1.165, 1.54) is 35.8 Å². The predicted octanol–water partition coefficient (Wildman–Crippen LogP) is 0.686. The number of hydrogen-bond acceptors (Lipinski definition) is 7. The van der Waals surface area contributed by atoms with E-state index in [2.05, 4.69) is 10.5 Å². The summed E-state index contributed by atoms with van der Waals surface area (Å²) in [4.78, 5) is 23.2. The number of nitrogens with zero attached hydrogens (tertiary/aromatic N) is 1. The molecule has 0 aliphatic rings. The largest absolute Gasteiger partial charge is 0.504 e. The molecule has 2 aromatic rings. The zero-order valence-electron chi connectivity index (χ0n) is 12.1. The molecule has 0 bridgehead atoms. The number of carbonyl (C=O) groups excluding carboxylic acids is 2. The molecular formula is C15H13N3O6.